The average molecular weight is 436 g/mol. The van der Waals surface area contributed by atoms with Crippen LogP contribution in [0, 0.1) is 0 Å². The van der Waals surface area contributed by atoms with E-state index in [1.54, 1.807) is 18.7 Å². The van der Waals surface area contributed by atoms with Crippen molar-refractivity contribution in [2.24, 2.45) is 0 Å². The summed E-state index contributed by atoms with van der Waals surface area (Å²) < 4.78 is 11.3. The SMILES string of the molecule is CCO[C@@H](Cc1ccc(OCCN2c3ccccc3Sc3ccccc32)cc1)C(=O)O. The van der Waals surface area contributed by atoms with E-state index in [-0.39, 0.29) is 0 Å². The molecular weight excluding hydrogens is 410 g/mol. The minimum absolute atomic E-state index is 0.336. The lowest BCUT2D eigenvalue weighted by molar-refractivity contribution is -0.149. The topological polar surface area (TPSA) is 59.0 Å². The van der Waals surface area contributed by atoms with Gasteiger partial charge >= 0.3 is 5.97 Å². The Labute approximate surface area is 186 Å². The number of rotatable bonds is 9. The van der Waals surface area contributed by atoms with Gasteiger partial charge < -0.3 is 19.5 Å². The fourth-order valence-corrected chi connectivity index (χ4v) is 4.73. The van der Waals surface area contributed by atoms with Crippen LogP contribution in [0.3, 0.4) is 0 Å². The molecule has 1 aliphatic rings. The van der Waals surface area contributed by atoms with Crippen LogP contribution in [0.4, 0.5) is 11.4 Å². The van der Waals surface area contributed by atoms with Crippen molar-refractivity contribution in [1.29, 1.82) is 0 Å². The third-order valence-corrected chi connectivity index (χ3v) is 6.23. The summed E-state index contributed by atoms with van der Waals surface area (Å²) in [6, 6.07) is 24.4. The monoisotopic (exact) mass is 435 g/mol. The molecule has 0 aromatic heterocycles. The molecule has 0 fully saturated rings. The van der Waals surface area contributed by atoms with Crippen LogP contribution in [-0.2, 0) is 16.0 Å². The van der Waals surface area contributed by atoms with Crippen molar-refractivity contribution < 1.29 is 19.4 Å². The first-order valence-electron chi connectivity index (χ1n) is 10.4. The zero-order chi connectivity index (χ0) is 21.6. The number of benzene rings is 3. The number of ether oxygens (including phenoxy) is 2. The highest BCUT2D eigenvalue weighted by molar-refractivity contribution is 7.99. The van der Waals surface area contributed by atoms with E-state index >= 15 is 0 Å². The minimum Gasteiger partial charge on any atom is -0.492 e. The second-order valence-electron chi connectivity index (χ2n) is 7.17. The van der Waals surface area contributed by atoms with E-state index in [0.29, 0.717) is 19.6 Å². The largest absolute Gasteiger partial charge is 0.492 e. The molecule has 1 N–H and O–H groups in total. The predicted molar refractivity (Wildman–Crippen MR) is 123 cm³/mol. The van der Waals surface area contributed by atoms with E-state index in [9.17, 15) is 9.90 Å². The number of para-hydroxylation sites is 2. The van der Waals surface area contributed by atoms with E-state index in [4.69, 9.17) is 9.47 Å². The molecule has 1 heterocycles. The molecule has 31 heavy (non-hydrogen) atoms. The van der Waals surface area contributed by atoms with Crippen LogP contribution in [0.25, 0.3) is 0 Å². The Balaban J connectivity index is 1.39. The standard InChI is InChI=1S/C25H25NO4S/c1-2-29-22(25(27)28)17-18-11-13-19(14-12-18)30-16-15-26-20-7-3-5-9-23(20)31-24-10-6-4-8-21(24)26/h3-14,22H,2,15-17H2,1H3,(H,27,28)/t22-/m0/s1. The van der Waals surface area contributed by atoms with Crippen molar-refractivity contribution in [3.63, 3.8) is 0 Å². The summed E-state index contributed by atoms with van der Waals surface area (Å²) in [5.74, 6) is -0.178. The molecule has 0 aliphatic carbocycles. The van der Waals surface area contributed by atoms with Gasteiger partial charge in [-0.25, -0.2) is 4.79 Å². The second-order valence-corrected chi connectivity index (χ2v) is 8.25. The summed E-state index contributed by atoms with van der Waals surface area (Å²) in [6.45, 7) is 3.43. The van der Waals surface area contributed by atoms with Gasteiger partial charge in [-0.05, 0) is 48.9 Å². The maximum absolute atomic E-state index is 11.3. The highest BCUT2D eigenvalue weighted by Gasteiger charge is 2.22. The van der Waals surface area contributed by atoms with Crippen LogP contribution in [0.2, 0.25) is 0 Å². The number of fused-ring (bicyclic) bond motifs is 2. The highest BCUT2D eigenvalue weighted by atomic mass is 32.2. The molecule has 1 atom stereocenters. The molecule has 0 bridgehead atoms. The quantitative estimate of drug-likeness (QED) is 0.486. The average Bonchev–Trinajstić information content (AvgIpc) is 2.79. The van der Waals surface area contributed by atoms with Crippen LogP contribution >= 0.6 is 11.8 Å². The fourth-order valence-electron chi connectivity index (χ4n) is 3.63. The number of carboxylic acid groups (broad SMARTS) is 1. The Hall–Kier alpha value is -2.96. The Morgan fingerprint density at radius 1 is 0.968 bits per heavy atom. The zero-order valence-corrected chi connectivity index (χ0v) is 18.2. The van der Waals surface area contributed by atoms with Gasteiger partial charge in [-0.1, -0.05) is 48.2 Å². The summed E-state index contributed by atoms with van der Waals surface area (Å²) in [5, 5.41) is 9.24. The van der Waals surface area contributed by atoms with E-state index in [0.717, 1.165) is 17.9 Å². The van der Waals surface area contributed by atoms with Gasteiger partial charge in [-0.15, -0.1) is 0 Å². The summed E-state index contributed by atoms with van der Waals surface area (Å²) in [4.78, 5) is 16.1. The molecule has 0 unspecified atom stereocenters. The van der Waals surface area contributed by atoms with E-state index in [2.05, 4.69) is 53.4 Å². The van der Waals surface area contributed by atoms with Crippen molar-refractivity contribution in [2.75, 3.05) is 24.7 Å². The van der Waals surface area contributed by atoms with Crippen LogP contribution < -0.4 is 9.64 Å². The van der Waals surface area contributed by atoms with E-state index < -0.39 is 12.1 Å². The number of hydrogen-bond donors (Lipinski definition) is 1. The minimum atomic E-state index is -0.942. The number of nitrogens with zero attached hydrogens (tertiary/aromatic N) is 1. The van der Waals surface area contributed by atoms with Crippen molar-refractivity contribution in [2.45, 2.75) is 29.2 Å². The molecule has 1 aliphatic heterocycles. The molecule has 4 rings (SSSR count). The van der Waals surface area contributed by atoms with E-state index in [1.807, 2.05) is 24.3 Å². The Morgan fingerprint density at radius 2 is 1.58 bits per heavy atom. The third-order valence-electron chi connectivity index (χ3n) is 5.10. The third kappa shape index (κ3) is 5.03. The molecule has 0 saturated carbocycles. The number of hydrogen-bond acceptors (Lipinski definition) is 5. The van der Waals surface area contributed by atoms with Crippen LogP contribution in [0.5, 0.6) is 5.75 Å². The summed E-state index contributed by atoms with van der Waals surface area (Å²) in [5.41, 5.74) is 3.30. The first-order chi connectivity index (χ1) is 15.2. The molecule has 5 nitrogen and oxygen atoms in total. The number of aliphatic carboxylic acids is 1. The summed E-state index contributed by atoms with van der Waals surface area (Å²) in [6.07, 6.45) is -0.489. The molecule has 0 radical (unpaired) electrons. The lowest BCUT2D eigenvalue weighted by Crippen LogP contribution is -2.26. The highest BCUT2D eigenvalue weighted by Crippen LogP contribution is 2.47. The lowest BCUT2D eigenvalue weighted by atomic mass is 10.1. The van der Waals surface area contributed by atoms with Crippen molar-refractivity contribution >= 4 is 29.1 Å². The summed E-state index contributed by atoms with van der Waals surface area (Å²) >= 11 is 1.79. The fraction of sp³-hybridized carbons (Fsp3) is 0.240. The predicted octanol–water partition coefficient (Wildman–Crippen LogP) is 5.40. The van der Waals surface area contributed by atoms with Crippen LogP contribution in [-0.4, -0.2) is 36.9 Å². The maximum atomic E-state index is 11.3. The van der Waals surface area contributed by atoms with Gasteiger partial charge in [0, 0.05) is 22.8 Å². The molecule has 3 aromatic carbocycles. The van der Waals surface area contributed by atoms with Gasteiger partial charge in [0.2, 0.25) is 0 Å². The Bertz CT molecular complexity index is 992. The first-order valence-corrected chi connectivity index (χ1v) is 11.2. The van der Waals surface area contributed by atoms with Crippen LogP contribution in [0.1, 0.15) is 12.5 Å². The normalized spacial score (nSPS) is 13.3. The number of carboxylic acids is 1. The molecule has 0 spiro atoms. The Morgan fingerprint density at radius 3 is 2.16 bits per heavy atom. The van der Waals surface area contributed by atoms with Gasteiger partial charge in [0.05, 0.1) is 17.9 Å². The molecule has 160 valence electrons. The van der Waals surface area contributed by atoms with Gasteiger partial charge in [0.15, 0.2) is 6.10 Å². The maximum Gasteiger partial charge on any atom is 0.333 e. The molecule has 0 amide bonds. The number of anilines is 2. The Kier molecular flexibility index (Phi) is 6.79. The second kappa shape index (κ2) is 9.90. The van der Waals surface area contributed by atoms with Gasteiger partial charge in [0.25, 0.3) is 0 Å². The molecular formula is C25H25NO4S. The molecule has 3 aromatic rings. The van der Waals surface area contributed by atoms with Gasteiger partial charge in [-0.2, -0.15) is 0 Å². The first kappa shape index (κ1) is 21.3. The summed E-state index contributed by atoms with van der Waals surface area (Å²) in [7, 11) is 0. The molecule has 0 saturated heterocycles. The molecule has 6 heteroatoms. The van der Waals surface area contributed by atoms with Crippen molar-refractivity contribution in [3.05, 3.63) is 78.4 Å². The van der Waals surface area contributed by atoms with Gasteiger partial charge in [-0.3, -0.25) is 0 Å². The van der Waals surface area contributed by atoms with Crippen molar-refractivity contribution in [1.82, 2.24) is 0 Å². The lowest BCUT2D eigenvalue weighted by Gasteiger charge is -2.32. The van der Waals surface area contributed by atoms with Crippen molar-refractivity contribution in [3.8, 4) is 5.75 Å². The zero-order valence-electron chi connectivity index (χ0n) is 17.4. The van der Waals surface area contributed by atoms with Gasteiger partial charge in [0.1, 0.15) is 12.4 Å². The smallest absolute Gasteiger partial charge is 0.333 e. The number of carbonyl (C=O) groups is 1. The van der Waals surface area contributed by atoms with E-state index in [1.165, 1.54) is 21.2 Å². The van der Waals surface area contributed by atoms with Crippen LogP contribution in [0.15, 0.2) is 82.6 Å².